The lowest BCUT2D eigenvalue weighted by atomic mass is 10.1. The molecule has 0 aromatic heterocycles. The van der Waals surface area contributed by atoms with Crippen LogP contribution in [0.2, 0.25) is 5.02 Å². The number of halogens is 2. The van der Waals surface area contributed by atoms with Crippen molar-refractivity contribution in [2.75, 3.05) is 19.8 Å². The van der Waals surface area contributed by atoms with E-state index in [-0.39, 0.29) is 6.29 Å². The van der Waals surface area contributed by atoms with E-state index in [1.54, 1.807) is 0 Å². The van der Waals surface area contributed by atoms with Gasteiger partial charge in [-0.05, 0) is 43.5 Å². The highest BCUT2D eigenvalue weighted by atomic mass is 79.9. The van der Waals surface area contributed by atoms with Gasteiger partial charge in [0.15, 0.2) is 6.29 Å². The predicted octanol–water partition coefficient (Wildman–Crippen LogP) is 5.03. The number of hydrogen-bond acceptors (Lipinski definition) is 3. The number of rotatable bonds is 7. The zero-order chi connectivity index (χ0) is 15.2. The number of fused-ring (bicyclic) bond motifs is 1. The lowest BCUT2D eigenvalue weighted by Gasteiger charge is -2.18. The molecule has 0 spiro atoms. The Hall–Kier alpha value is -0.810. The molecule has 0 radical (unpaired) electrons. The second-order valence-electron chi connectivity index (χ2n) is 4.42. The summed E-state index contributed by atoms with van der Waals surface area (Å²) >= 11 is 9.76. The summed E-state index contributed by atoms with van der Waals surface area (Å²) < 4.78 is 17.7. The first kappa shape index (κ1) is 16.6. The first-order chi connectivity index (χ1) is 10.1. The van der Waals surface area contributed by atoms with Crippen LogP contribution in [0.5, 0.6) is 5.75 Å². The summed E-state index contributed by atoms with van der Waals surface area (Å²) in [4.78, 5) is 0. The minimum atomic E-state index is -0.364. The summed E-state index contributed by atoms with van der Waals surface area (Å²) in [5.41, 5.74) is 0. The molecule has 2 aromatic carbocycles. The third kappa shape index (κ3) is 4.58. The molecule has 0 atom stereocenters. The molecular weight excluding hydrogens is 356 g/mol. The smallest absolute Gasteiger partial charge is 0.191 e. The minimum Gasteiger partial charge on any atom is -0.488 e. The van der Waals surface area contributed by atoms with Crippen LogP contribution < -0.4 is 4.74 Å². The Kier molecular flexibility index (Phi) is 6.30. The normalized spacial score (nSPS) is 11.3. The fourth-order valence-corrected chi connectivity index (χ4v) is 2.69. The summed E-state index contributed by atoms with van der Waals surface area (Å²) in [6.07, 6.45) is -0.364. The molecule has 3 nitrogen and oxygen atoms in total. The summed E-state index contributed by atoms with van der Waals surface area (Å²) in [6, 6.07) is 9.73. The van der Waals surface area contributed by atoms with Crippen molar-refractivity contribution in [3.8, 4) is 5.75 Å². The van der Waals surface area contributed by atoms with E-state index in [2.05, 4.69) is 15.9 Å². The zero-order valence-corrected chi connectivity index (χ0v) is 14.4. The fourth-order valence-electron chi connectivity index (χ4n) is 2.03. The molecule has 0 saturated heterocycles. The van der Waals surface area contributed by atoms with E-state index >= 15 is 0 Å². The molecule has 0 N–H and O–H groups in total. The Labute approximate surface area is 138 Å². The average Bonchev–Trinajstić information content (AvgIpc) is 2.45. The van der Waals surface area contributed by atoms with Crippen LogP contribution in [0, 0.1) is 0 Å². The van der Waals surface area contributed by atoms with Gasteiger partial charge < -0.3 is 14.2 Å². The largest absolute Gasteiger partial charge is 0.488 e. The van der Waals surface area contributed by atoms with Gasteiger partial charge in [0.25, 0.3) is 0 Å². The number of ether oxygens (including phenoxy) is 3. The van der Waals surface area contributed by atoms with Crippen molar-refractivity contribution in [1.29, 1.82) is 0 Å². The summed E-state index contributed by atoms with van der Waals surface area (Å²) in [7, 11) is 0. The third-order valence-corrected chi connectivity index (χ3v) is 3.73. The Morgan fingerprint density at radius 1 is 1.10 bits per heavy atom. The molecule has 0 aliphatic rings. The highest BCUT2D eigenvalue weighted by molar-refractivity contribution is 9.10. The Morgan fingerprint density at radius 3 is 2.48 bits per heavy atom. The molecule has 2 rings (SSSR count). The van der Waals surface area contributed by atoms with E-state index in [1.807, 2.05) is 44.2 Å². The average molecular weight is 374 g/mol. The predicted molar refractivity (Wildman–Crippen MR) is 89.2 cm³/mol. The molecule has 0 heterocycles. The van der Waals surface area contributed by atoms with E-state index < -0.39 is 0 Å². The van der Waals surface area contributed by atoms with Crippen LogP contribution >= 0.6 is 27.5 Å². The lowest BCUT2D eigenvalue weighted by Crippen LogP contribution is -2.25. The van der Waals surface area contributed by atoms with Crippen molar-refractivity contribution in [3.63, 3.8) is 0 Å². The summed E-state index contributed by atoms with van der Waals surface area (Å²) in [5.74, 6) is 0.704. The van der Waals surface area contributed by atoms with Crippen LogP contribution in [0.1, 0.15) is 13.8 Å². The summed E-state index contributed by atoms with van der Waals surface area (Å²) in [6.45, 7) is 5.35. The molecular formula is C16H18BrClO3. The van der Waals surface area contributed by atoms with Gasteiger partial charge in [-0.2, -0.15) is 0 Å². The van der Waals surface area contributed by atoms with E-state index in [9.17, 15) is 0 Å². The third-order valence-electron chi connectivity index (χ3n) is 2.93. The molecule has 0 amide bonds. The van der Waals surface area contributed by atoms with Crippen molar-refractivity contribution in [2.45, 2.75) is 20.1 Å². The van der Waals surface area contributed by atoms with Crippen molar-refractivity contribution in [2.24, 2.45) is 0 Å². The second kappa shape index (κ2) is 7.99. The first-order valence-electron chi connectivity index (χ1n) is 6.88. The molecule has 0 bridgehead atoms. The van der Waals surface area contributed by atoms with Crippen LogP contribution in [-0.4, -0.2) is 26.1 Å². The fraction of sp³-hybridized carbons (Fsp3) is 0.375. The topological polar surface area (TPSA) is 27.7 Å². The molecule has 0 aliphatic carbocycles. The van der Waals surface area contributed by atoms with Gasteiger partial charge in [0.05, 0.1) is 5.02 Å². The van der Waals surface area contributed by atoms with Crippen molar-refractivity contribution < 1.29 is 14.2 Å². The highest BCUT2D eigenvalue weighted by Crippen LogP contribution is 2.31. The summed E-state index contributed by atoms with van der Waals surface area (Å²) in [5, 5.41) is 2.69. The monoisotopic (exact) mass is 372 g/mol. The van der Waals surface area contributed by atoms with Crippen LogP contribution in [0.3, 0.4) is 0 Å². The van der Waals surface area contributed by atoms with E-state index in [1.165, 1.54) is 0 Å². The minimum absolute atomic E-state index is 0.331. The first-order valence-corrected chi connectivity index (χ1v) is 8.06. The van der Waals surface area contributed by atoms with Crippen molar-refractivity contribution >= 4 is 38.3 Å². The highest BCUT2D eigenvalue weighted by Gasteiger charge is 2.10. The maximum atomic E-state index is 6.29. The van der Waals surface area contributed by atoms with Gasteiger partial charge in [-0.1, -0.05) is 33.6 Å². The van der Waals surface area contributed by atoms with Gasteiger partial charge in [-0.15, -0.1) is 0 Å². The molecule has 114 valence electrons. The second-order valence-corrected chi connectivity index (χ2v) is 5.74. The molecule has 21 heavy (non-hydrogen) atoms. The van der Waals surface area contributed by atoms with Gasteiger partial charge in [0.1, 0.15) is 12.4 Å². The standard InChI is InChI=1S/C16H18BrClO3/c1-3-19-16(20-4-2)10-21-13-8-11-7-12(17)5-6-14(11)15(18)9-13/h5-9,16H,3-4,10H2,1-2H3. The maximum Gasteiger partial charge on any atom is 0.191 e. The lowest BCUT2D eigenvalue weighted by molar-refractivity contribution is -0.152. The number of hydrogen-bond donors (Lipinski definition) is 0. The van der Waals surface area contributed by atoms with Crippen molar-refractivity contribution in [3.05, 3.63) is 39.8 Å². The zero-order valence-electron chi connectivity index (χ0n) is 12.1. The molecule has 0 aliphatic heterocycles. The van der Waals surface area contributed by atoms with E-state index in [4.69, 9.17) is 25.8 Å². The van der Waals surface area contributed by atoms with Crippen LogP contribution in [0.25, 0.3) is 10.8 Å². The van der Waals surface area contributed by atoms with Gasteiger partial charge in [0.2, 0.25) is 0 Å². The van der Waals surface area contributed by atoms with Gasteiger partial charge in [-0.3, -0.25) is 0 Å². The van der Waals surface area contributed by atoms with Crippen LogP contribution in [-0.2, 0) is 9.47 Å². The van der Waals surface area contributed by atoms with E-state index in [0.29, 0.717) is 30.6 Å². The Bertz CT molecular complexity index is 597. The molecule has 0 saturated carbocycles. The molecule has 5 heteroatoms. The Balaban J connectivity index is 2.14. The maximum absolute atomic E-state index is 6.29. The van der Waals surface area contributed by atoms with E-state index in [0.717, 1.165) is 15.2 Å². The molecule has 0 unspecified atom stereocenters. The van der Waals surface area contributed by atoms with Crippen molar-refractivity contribution in [1.82, 2.24) is 0 Å². The van der Waals surface area contributed by atoms with Gasteiger partial charge in [0, 0.05) is 23.1 Å². The van der Waals surface area contributed by atoms with Crippen LogP contribution in [0.4, 0.5) is 0 Å². The van der Waals surface area contributed by atoms with Crippen LogP contribution in [0.15, 0.2) is 34.8 Å². The van der Waals surface area contributed by atoms with Gasteiger partial charge >= 0.3 is 0 Å². The quantitative estimate of drug-likeness (QED) is 0.637. The molecule has 2 aromatic rings. The molecule has 0 fully saturated rings. The van der Waals surface area contributed by atoms with Gasteiger partial charge in [-0.25, -0.2) is 0 Å². The SMILES string of the molecule is CCOC(COc1cc(Cl)c2ccc(Br)cc2c1)OCC. The Morgan fingerprint density at radius 2 is 1.81 bits per heavy atom. The number of benzene rings is 2.